The average molecular weight is 151 g/mol. The number of nitrogens with two attached hydrogens (primary N) is 1. The fourth-order valence-electron chi connectivity index (χ4n) is 0.674. The number of aromatic nitrogens is 1. The second-order valence-corrected chi connectivity index (χ2v) is 1.89. The second kappa shape index (κ2) is 3.55. The molecule has 0 aliphatic heterocycles. The van der Waals surface area contributed by atoms with Gasteiger partial charge in [0.1, 0.15) is 7.11 Å². The van der Waals surface area contributed by atoms with Gasteiger partial charge in [0.15, 0.2) is 5.84 Å². The monoisotopic (exact) mass is 151 g/mol. The molecule has 0 saturated heterocycles. The lowest BCUT2D eigenvalue weighted by Gasteiger charge is -1.96. The SMILES string of the molecule is CO/N=C(\N)c1ccncc1. The van der Waals surface area contributed by atoms with Crippen molar-refractivity contribution in [2.75, 3.05) is 7.11 Å². The van der Waals surface area contributed by atoms with Crippen molar-refractivity contribution in [2.24, 2.45) is 10.9 Å². The minimum Gasteiger partial charge on any atom is -0.397 e. The lowest BCUT2D eigenvalue weighted by Crippen LogP contribution is -2.13. The zero-order valence-corrected chi connectivity index (χ0v) is 6.19. The van der Waals surface area contributed by atoms with Gasteiger partial charge < -0.3 is 10.6 Å². The fraction of sp³-hybridized carbons (Fsp3) is 0.143. The molecule has 0 radical (unpaired) electrons. The molecule has 0 aromatic carbocycles. The maximum Gasteiger partial charge on any atom is 0.170 e. The van der Waals surface area contributed by atoms with Crippen LogP contribution in [0.3, 0.4) is 0 Å². The number of oxime groups is 1. The van der Waals surface area contributed by atoms with Gasteiger partial charge in [-0.05, 0) is 12.1 Å². The van der Waals surface area contributed by atoms with Crippen LogP contribution < -0.4 is 5.73 Å². The molecule has 0 aliphatic rings. The van der Waals surface area contributed by atoms with Crippen LogP contribution in [0.1, 0.15) is 5.56 Å². The largest absolute Gasteiger partial charge is 0.397 e. The van der Waals surface area contributed by atoms with E-state index in [9.17, 15) is 0 Å². The molecule has 0 unspecified atom stereocenters. The highest BCUT2D eigenvalue weighted by Crippen LogP contribution is 1.94. The van der Waals surface area contributed by atoms with Gasteiger partial charge >= 0.3 is 0 Å². The third-order valence-electron chi connectivity index (χ3n) is 1.17. The highest BCUT2D eigenvalue weighted by atomic mass is 16.6. The summed E-state index contributed by atoms with van der Waals surface area (Å²) in [5.41, 5.74) is 6.31. The Bertz CT molecular complexity index is 245. The summed E-state index contributed by atoms with van der Waals surface area (Å²) in [6, 6.07) is 3.52. The van der Waals surface area contributed by atoms with Crippen LogP contribution in [-0.2, 0) is 4.84 Å². The first kappa shape index (κ1) is 7.53. The quantitative estimate of drug-likeness (QED) is 0.377. The minimum atomic E-state index is 0.356. The Kier molecular flexibility index (Phi) is 2.43. The Morgan fingerprint density at radius 3 is 2.73 bits per heavy atom. The normalized spacial score (nSPS) is 11.2. The average Bonchev–Trinajstić information content (AvgIpc) is 2.07. The lowest BCUT2D eigenvalue weighted by molar-refractivity contribution is 0.213. The molecule has 4 nitrogen and oxygen atoms in total. The van der Waals surface area contributed by atoms with Gasteiger partial charge in [-0.3, -0.25) is 4.98 Å². The molecule has 2 N–H and O–H groups in total. The summed E-state index contributed by atoms with van der Waals surface area (Å²) in [6.07, 6.45) is 3.29. The highest BCUT2D eigenvalue weighted by Gasteiger charge is 1.95. The number of hydrogen-bond acceptors (Lipinski definition) is 3. The molecule has 0 atom stereocenters. The van der Waals surface area contributed by atoms with E-state index in [4.69, 9.17) is 5.73 Å². The van der Waals surface area contributed by atoms with Gasteiger partial charge in [-0.15, -0.1) is 0 Å². The molecule has 0 amide bonds. The first-order valence-electron chi connectivity index (χ1n) is 3.11. The molecule has 1 aromatic rings. The van der Waals surface area contributed by atoms with Gasteiger partial charge in [0, 0.05) is 18.0 Å². The molecule has 11 heavy (non-hydrogen) atoms. The smallest absolute Gasteiger partial charge is 0.170 e. The topological polar surface area (TPSA) is 60.5 Å². The summed E-state index contributed by atoms with van der Waals surface area (Å²) in [5, 5.41) is 3.56. The summed E-state index contributed by atoms with van der Waals surface area (Å²) < 4.78 is 0. The van der Waals surface area contributed by atoms with Gasteiger partial charge in [0.2, 0.25) is 0 Å². The van der Waals surface area contributed by atoms with E-state index in [1.807, 2.05) is 0 Å². The molecule has 1 heterocycles. The van der Waals surface area contributed by atoms with Gasteiger partial charge in [0.25, 0.3) is 0 Å². The number of amidine groups is 1. The van der Waals surface area contributed by atoms with E-state index < -0.39 is 0 Å². The summed E-state index contributed by atoms with van der Waals surface area (Å²) in [4.78, 5) is 8.34. The van der Waals surface area contributed by atoms with E-state index in [2.05, 4.69) is 15.0 Å². The van der Waals surface area contributed by atoms with Gasteiger partial charge in [-0.1, -0.05) is 5.16 Å². The third-order valence-corrected chi connectivity index (χ3v) is 1.17. The van der Waals surface area contributed by atoms with E-state index in [0.29, 0.717) is 5.84 Å². The van der Waals surface area contributed by atoms with Crippen molar-refractivity contribution < 1.29 is 4.84 Å². The Labute approximate surface area is 64.7 Å². The maximum absolute atomic E-state index is 5.50. The first-order chi connectivity index (χ1) is 5.34. The molecule has 1 aromatic heterocycles. The Morgan fingerprint density at radius 2 is 2.18 bits per heavy atom. The summed E-state index contributed by atoms with van der Waals surface area (Å²) in [5.74, 6) is 0.356. The van der Waals surface area contributed by atoms with Crippen molar-refractivity contribution in [3.63, 3.8) is 0 Å². The van der Waals surface area contributed by atoms with E-state index in [-0.39, 0.29) is 0 Å². The standard InChI is InChI=1S/C7H9N3O/c1-11-10-7(8)6-2-4-9-5-3-6/h2-5H,1H3,(H2,8,10). The van der Waals surface area contributed by atoms with Gasteiger partial charge in [-0.25, -0.2) is 0 Å². The number of rotatable bonds is 2. The first-order valence-corrected chi connectivity index (χ1v) is 3.11. The van der Waals surface area contributed by atoms with Gasteiger partial charge in [0.05, 0.1) is 0 Å². The van der Waals surface area contributed by atoms with E-state index in [1.54, 1.807) is 24.5 Å². The van der Waals surface area contributed by atoms with E-state index in [1.165, 1.54) is 7.11 Å². The Balaban J connectivity index is 2.85. The molecule has 0 bridgehead atoms. The van der Waals surface area contributed by atoms with Crippen LogP contribution in [0.25, 0.3) is 0 Å². The molecule has 4 heteroatoms. The van der Waals surface area contributed by atoms with Crippen molar-refractivity contribution in [3.8, 4) is 0 Å². The maximum atomic E-state index is 5.50. The molecular formula is C7H9N3O. The van der Waals surface area contributed by atoms with Crippen LogP contribution in [0.15, 0.2) is 29.7 Å². The Hall–Kier alpha value is -1.58. The van der Waals surface area contributed by atoms with Crippen molar-refractivity contribution in [1.29, 1.82) is 0 Å². The summed E-state index contributed by atoms with van der Waals surface area (Å²) >= 11 is 0. The number of hydrogen-bond donors (Lipinski definition) is 1. The molecule has 0 aliphatic carbocycles. The molecule has 1 rings (SSSR count). The summed E-state index contributed by atoms with van der Waals surface area (Å²) in [6.45, 7) is 0. The highest BCUT2D eigenvalue weighted by molar-refractivity contribution is 5.96. The third kappa shape index (κ3) is 1.93. The van der Waals surface area contributed by atoms with Crippen LogP contribution in [-0.4, -0.2) is 17.9 Å². The lowest BCUT2D eigenvalue weighted by atomic mass is 10.2. The van der Waals surface area contributed by atoms with Crippen molar-refractivity contribution in [3.05, 3.63) is 30.1 Å². The molecule has 0 saturated carbocycles. The predicted octanol–water partition coefficient (Wildman–Crippen LogP) is 0.348. The minimum absolute atomic E-state index is 0.356. The zero-order chi connectivity index (χ0) is 8.10. The predicted molar refractivity (Wildman–Crippen MR) is 42.0 cm³/mol. The molecule has 0 fully saturated rings. The second-order valence-electron chi connectivity index (χ2n) is 1.89. The van der Waals surface area contributed by atoms with Crippen LogP contribution in [0.2, 0.25) is 0 Å². The van der Waals surface area contributed by atoms with E-state index >= 15 is 0 Å². The Morgan fingerprint density at radius 1 is 1.55 bits per heavy atom. The summed E-state index contributed by atoms with van der Waals surface area (Å²) in [7, 11) is 1.45. The molecular weight excluding hydrogens is 142 g/mol. The van der Waals surface area contributed by atoms with Crippen molar-refractivity contribution in [2.45, 2.75) is 0 Å². The zero-order valence-electron chi connectivity index (χ0n) is 6.19. The fourth-order valence-corrected chi connectivity index (χ4v) is 0.674. The number of nitrogens with zero attached hydrogens (tertiary/aromatic N) is 2. The van der Waals surface area contributed by atoms with Crippen LogP contribution in [0.5, 0.6) is 0 Å². The van der Waals surface area contributed by atoms with Crippen LogP contribution >= 0.6 is 0 Å². The van der Waals surface area contributed by atoms with Crippen molar-refractivity contribution in [1.82, 2.24) is 4.98 Å². The van der Waals surface area contributed by atoms with Crippen LogP contribution in [0, 0.1) is 0 Å². The van der Waals surface area contributed by atoms with E-state index in [0.717, 1.165) is 5.56 Å². The number of pyridine rings is 1. The molecule has 0 spiro atoms. The van der Waals surface area contributed by atoms with Crippen LogP contribution in [0.4, 0.5) is 0 Å². The van der Waals surface area contributed by atoms with Crippen molar-refractivity contribution >= 4 is 5.84 Å². The van der Waals surface area contributed by atoms with Gasteiger partial charge in [-0.2, -0.15) is 0 Å². The molecule has 58 valence electrons.